The molecular formula is C22H17NO3S. The first kappa shape index (κ1) is 18.4. The predicted molar refractivity (Wildman–Crippen MR) is 107 cm³/mol. The molecule has 1 heterocycles. The van der Waals surface area contributed by atoms with Gasteiger partial charge in [0.1, 0.15) is 11.5 Å². The van der Waals surface area contributed by atoms with Gasteiger partial charge in [0.2, 0.25) is 0 Å². The van der Waals surface area contributed by atoms with Crippen LogP contribution in [0.15, 0.2) is 66.0 Å². The first-order valence-electron chi connectivity index (χ1n) is 8.28. The van der Waals surface area contributed by atoms with E-state index >= 15 is 0 Å². The molecule has 2 aromatic carbocycles. The zero-order valence-corrected chi connectivity index (χ0v) is 15.5. The monoisotopic (exact) mass is 375 g/mol. The van der Waals surface area contributed by atoms with Crippen LogP contribution >= 0.6 is 11.3 Å². The second-order valence-electron chi connectivity index (χ2n) is 5.67. The molecule has 27 heavy (non-hydrogen) atoms. The summed E-state index contributed by atoms with van der Waals surface area (Å²) in [7, 11) is 1.57. The van der Waals surface area contributed by atoms with Crippen LogP contribution in [0.3, 0.4) is 0 Å². The van der Waals surface area contributed by atoms with E-state index in [4.69, 9.17) is 9.47 Å². The Morgan fingerprint density at radius 2 is 2.00 bits per heavy atom. The van der Waals surface area contributed by atoms with Gasteiger partial charge in [-0.15, -0.1) is 11.3 Å². The van der Waals surface area contributed by atoms with Crippen LogP contribution < -0.4 is 9.47 Å². The summed E-state index contributed by atoms with van der Waals surface area (Å²) in [6.07, 6.45) is 1.98. The molecule has 5 heteroatoms. The third-order valence-corrected chi connectivity index (χ3v) is 4.69. The normalized spacial score (nSPS) is 10.9. The zero-order chi connectivity index (χ0) is 19.1. The molecule has 0 fully saturated rings. The molecule has 0 aliphatic rings. The molecule has 0 saturated carbocycles. The molecule has 0 aliphatic carbocycles. The first-order valence-corrected chi connectivity index (χ1v) is 9.16. The molecule has 134 valence electrons. The van der Waals surface area contributed by atoms with Crippen molar-refractivity contribution in [3.05, 3.63) is 82.0 Å². The van der Waals surface area contributed by atoms with Gasteiger partial charge < -0.3 is 9.47 Å². The number of carbonyl (C=O) groups is 1. The summed E-state index contributed by atoms with van der Waals surface area (Å²) in [6, 6.07) is 20.5. The Labute approximate surface area is 161 Å². The fraction of sp³-hybridized carbons (Fsp3) is 0.0909. The van der Waals surface area contributed by atoms with Crippen molar-refractivity contribution in [1.82, 2.24) is 0 Å². The molecule has 0 amide bonds. The third kappa shape index (κ3) is 4.84. The number of allylic oxidation sites excluding steroid dienone is 1. The second kappa shape index (κ2) is 8.84. The van der Waals surface area contributed by atoms with Gasteiger partial charge in [-0.1, -0.05) is 30.3 Å². The van der Waals surface area contributed by atoms with Gasteiger partial charge in [-0.25, -0.2) is 0 Å². The van der Waals surface area contributed by atoms with Crippen LogP contribution in [0.1, 0.15) is 16.0 Å². The van der Waals surface area contributed by atoms with Crippen LogP contribution in [0, 0.1) is 11.3 Å². The van der Waals surface area contributed by atoms with E-state index in [1.54, 1.807) is 31.4 Å². The SMILES string of the molecule is COc1ccccc1/C(C#N)=C\c1cccc(OC(=O)Cc2cccs2)c1. The molecule has 0 atom stereocenters. The Morgan fingerprint density at radius 3 is 2.74 bits per heavy atom. The van der Waals surface area contributed by atoms with E-state index in [-0.39, 0.29) is 12.4 Å². The van der Waals surface area contributed by atoms with Crippen molar-refractivity contribution in [3.63, 3.8) is 0 Å². The summed E-state index contributed by atoms with van der Waals surface area (Å²) >= 11 is 1.52. The minimum atomic E-state index is -0.316. The maximum atomic E-state index is 12.1. The standard InChI is InChI=1S/C22H17NO3S/c1-25-21-10-3-2-9-20(21)17(15-23)12-16-6-4-7-18(13-16)26-22(24)14-19-8-5-11-27-19/h2-13H,14H2,1H3/b17-12-. The van der Waals surface area contributed by atoms with Crippen molar-refractivity contribution < 1.29 is 14.3 Å². The van der Waals surface area contributed by atoms with Gasteiger partial charge in [0.15, 0.2) is 0 Å². The molecule has 1 aromatic heterocycles. The lowest BCUT2D eigenvalue weighted by atomic mass is 10.0. The lowest BCUT2D eigenvalue weighted by molar-refractivity contribution is -0.133. The number of thiophene rings is 1. The molecule has 3 aromatic rings. The summed E-state index contributed by atoms with van der Waals surface area (Å²) in [4.78, 5) is 13.0. The highest BCUT2D eigenvalue weighted by Crippen LogP contribution is 2.27. The number of rotatable bonds is 6. The fourth-order valence-electron chi connectivity index (χ4n) is 2.59. The molecule has 3 rings (SSSR count). The quantitative estimate of drug-likeness (QED) is 0.264. The van der Waals surface area contributed by atoms with Crippen molar-refractivity contribution in [2.24, 2.45) is 0 Å². The number of ether oxygens (including phenoxy) is 2. The second-order valence-corrected chi connectivity index (χ2v) is 6.71. The average Bonchev–Trinajstić information content (AvgIpc) is 3.19. The molecule has 0 spiro atoms. The van der Waals surface area contributed by atoms with E-state index in [0.29, 0.717) is 22.6 Å². The van der Waals surface area contributed by atoms with E-state index in [0.717, 1.165) is 10.4 Å². The molecule has 0 N–H and O–H groups in total. The van der Waals surface area contributed by atoms with Gasteiger partial charge in [0, 0.05) is 10.4 Å². The number of methoxy groups -OCH3 is 1. The van der Waals surface area contributed by atoms with Crippen LogP contribution in [0.5, 0.6) is 11.5 Å². The number of para-hydroxylation sites is 1. The van der Waals surface area contributed by atoms with Crippen molar-refractivity contribution in [3.8, 4) is 17.6 Å². The first-order chi connectivity index (χ1) is 13.2. The fourth-order valence-corrected chi connectivity index (χ4v) is 3.29. The van der Waals surface area contributed by atoms with E-state index in [1.807, 2.05) is 47.8 Å². The molecule has 0 aliphatic heterocycles. The molecule has 4 nitrogen and oxygen atoms in total. The van der Waals surface area contributed by atoms with Crippen LogP contribution in [-0.2, 0) is 11.2 Å². The van der Waals surface area contributed by atoms with Crippen molar-refractivity contribution in [2.75, 3.05) is 7.11 Å². The molecule has 0 bridgehead atoms. The van der Waals surface area contributed by atoms with Gasteiger partial charge in [-0.05, 0) is 47.4 Å². The summed E-state index contributed by atoms with van der Waals surface area (Å²) in [5.41, 5.74) is 1.94. The number of nitrogens with zero attached hydrogens (tertiary/aromatic N) is 1. The van der Waals surface area contributed by atoms with Crippen LogP contribution in [0.25, 0.3) is 11.6 Å². The summed E-state index contributed by atoms with van der Waals surface area (Å²) < 4.78 is 10.8. The van der Waals surface area contributed by atoms with Crippen molar-refractivity contribution in [1.29, 1.82) is 5.26 Å². The smallest absolute Gasteiger partial charge is 0.316 e. The lowest BCUT2D eigenvalue weighted by Crippen LogP contribution is -2.10. The third-order valence-electron chi connectivity index (χ3n) is 3.82. The summed E-state index contributed by atoms with van der Waals surface area (Å²) in [6.45, 7) is 0. The molecular weight excluding hydrogens is 358 g/mol. The van der Waals surface area contributed by atoms with Crippen LogP contribution in [0.2, 0.25) is 0 Å². The van der Waals surface area contributed by atoms with Gasteiger partial charge in [0.05, 0.1) is 25.2 Å². The average molecular weight is 375 g/mol. The number of esters is 1. The highest BCUT2D eigenvalue weighted by atomic mass is 32.1. The van der Waals surface area contributed by atoms with Gasteiger partial charge in [-0.2, -0.15) is 5.26 Å². The number of hydrogen-bond acceptors (Lipinski definition) is 5. The van der Waals surface area contributed by atoms with E-state index in [1.165, 1.54) is 11.3 Å². The largest absolute Gasteiger partial charge is 0.496 e. The maximum Gasteiger partial charge on any atom is 0.316 e. The van der Waals surface area contributed by atoms with Crippen molar-refractivity contribution >= 4 is 29.0 Å². The summed E-state index contributed by atoms with van der Waals surface area (Å²) in [5.74, 6) is 0.760. The Bertz CT molecular complexity index is 1000. The molecule has 0 unspecified atom stereocenters. The minimum Gasteiger partial charge on any atom is -0.496 e. The van der Waals surface area contributed by atoms with Gasteiger partial charge >= 0.3 is 5.97 Å². The Balaban J connectivity index is 1.81. The maximum absolute atomic E-state index is 12.1. The Morgan fingerprint density at radius 1 is 1.15 bits per heavy atom. The van der Waals surface area contributed by atoms with Gasteiger partial charge in [0.25, 0.3) is 0 Å². The lowest BCUT2D eigenvalue weighted by Gasteiger charge is -2.08. The van der Waals surface area contributed by atoms with Gasteiger partial charge in [-0.3, -0.25) is 4.79 Å². The van der Waals surface area contributed by atoms with Crippen LogP contribution in [-0.4, -0.2) is 13.1 Å². The predicted octanol–water partition coefficient (Wildman–Crippen LogP) is 4.97. The van der Waals surface area contributed by atoms with E-state index < -0.39 is 0 Å². The number of nitriles is 1. The van der Waals surface area contributed by atoms with Crippen molar-refractivity contribution in [2.45, 2.75) is 6.42 Å². The Kier molecular flexibility index (Phi) is 6.03. The topological polar surface area (TPSA) is 59.3 Å². The highest BCUT2D eigenvalue weighted by molar-refractivity contribution is 7.10. The summed E-state index contributed by atoms with van der Waals surface area (Å²) in [5, 5.41) is 11.5. The van der Waals surface area contributed by atoms with E-state index in [2.05, 4.69) is 6.07 Å². The molecule has 0 saturated heterocycles. The number of carbonyl (C=O) groups excluding carboxylic acids is 1. The minimum absolute atomic E-state index is 0.238. The number of hydrogen-bond donors (Lipinski definition) is 0. The van der Waals surface area contributed by atoms with E-state index in [9.17, 15) is 10.1 Å². The molecule has 0 radical (unpaired) electrons. The Hall–Kier alpha value is -3.36. The van der Waals surface area contributed by atoms with Crippen LogP contribution in [0.4, 0.5) is 0 Å². The highest BCUT2D eigenvalue weighted by Gasteiger charge is 2.10. The zero-order valence-electron chi connectivity index (χ0n) is 14.7. The number of benzene rings is 2.